The zero-order chi connectivity index (χ0) is 25.4. The number of ether oxygens (including phenoxy) is 1. The summed E-state index contributed by atoms with van der Waals surface area (Å²) in [6, 6.07) is 14.2. The number of hydrogen-bond donors (Lipinski definition) is 1. The molecule has 2 aromatic rings. The molecule has 2 aromatic carbocycles. The second-order valence-electron chi connectivity index (χ2n) is 10.1. The Hall–Kier alpha value is -2.18. The van der Waals surface area contributed by atoms with E-state index in [1.54, 1.807) is 0 Å². The molecular weight excluding hydrogens is 556 g/mol. The summed E-state index contributed by atoms with van der Waals surface area (Å²) < 4.78 is 7.38. The molecule has 0 radical (unpaired) electrons. The number of rotatable bonds is 9. The molecule has 0 spiro atoms. The number of hydrogen-bond acceptors (Lipinski definition) is 3. The van der Waals surface area contributed by atoms with E-state index in [9.17, 15) is 4.79 Å². The molecule has 6 heteroatoms. The van der Waals surface area contributed by atoms with Gasteiger partial charge in [-0.05, 0) is 85.4 Å². The van der Waals surface area contributed by atoms with Gasteiger partial charge in [-0.3, -0.25) is 4.79 Å². The van der Waals surface area contributed by atoms with E-state index >= 15 is 0 Å². The van der Waals surface area contributed by atoms with E-state index in [-0.39, 0.29) is 23.3 Å². The maximum Gasteiger partial charge on any atom is 0.277 e. The number of carbonyl (C=O) groups excluding carboxylic acids is 1. The molecule has 0 aromatic heterocycles. The lowest BCUT2D eigenvalue weighted by atomic mass is 9.72. The molecular formula is C28H34Br2N2O2. The summed E-state index contributed by atoms with van der Waals surface area (Å²) in [5, 5.41) is 4.10. The molecule has 0 saturated heterocycles. The van der Waals surface area contributed by atoms with Crippen LogP contribution in [0.15, 0.2) is 74.7 Å². The van der Waals surface area contributed by atoms with Crippen LogP contribution >= 0.6 is 31.9 Å². The van der Waals surface area contributed by atoms with E-state index in [1.165, 1.54) is 5.56 Å². The lowest BCUT2D eigenvalue weighted by molar-refractivity contribution is -0.123. The number of carbonyl (C=O) groups is 1. The van der Waals surface area contributed by atoms with Gasteiger partial charge >= 0.3 is 0 Å². The Balaban J connectivity index is 1.92. The maximum atomic E-state index is 12.2. The first kappa shape index (κ1) is 28.1. The van der Waals surface area contributed by atoms with Crippen LogP contribution in [0.3, 0.4) is 0 Å². The Morgan fingerprint density at radius 1 is 1.03 bits per heavy atom. The van der Waals surface area contributed by atoms with Crippen molar-refractivity contribution in [1.29, 1.82) is 0 Å². The molecule has 2 rings (SSSR count). The van der Waals surface area contributed by atoms with Crippen molar-refractivity contribution >= 4 is 49.6 Å². The Morgan fingerprint density at radius 2 is 1.65 bits per heavy atom. The molecule has 0 fully saturated rings. The van der Waals surface area contributed by atoms with Crippen molar-refractivity contribution in [2.45, 2.75) is 53.4 Å². The molecule has 4 nitrogen and oxygen atoms in total. The molecule has 0 aliphatic carbocycles. The van der Waals surface area contributed by atoms with Crippen molar-refractivity contribution in [1.82, 2.24) is 5.43 Å². The first-order valence-corrected chi connectivity index (χ1v) is 12.8. The SMILES string of the molecule is CC(/C=C/C=C/c1ccccc1)=N\NC(=O)COc1c(Br)cc(C(C)(C)CC(C)(C)C)cc1Br. The van der Waals surface area contributed by atoms with E-state index in [2.05, 4.69) is 89.1 Å². The number of hydrazone groups is 1. The number of halogens is 2. The van der Waals surface area contributed by atoms with Crippen molar-refractivity contribution in [2.24, 2.45) is 10.5 Å². The highest BCUT2D eigenvalue weighted by Gasteiger charge is 2.28. The quantitative estimate of drug-likeness (QED) is 0.183. The van der Waals surface area contributed by atoms with Crippen molar-refractivity contribution < 1.29 is 9.53 Å². The molecule has 0 atom stereocenters. The van der Waals surface area contributed by atoms with Crippen LogP contribution in [0.5, 0.6) is 5.75 Å². The minimum absolute atomic E-state index is 0.00472. The van der Waals surface area contributed by atoms with Crippen molar-refractivity contribution in [3.63, 3.8) is 0 Å². The van der Waals surface area contributed by atoms with Crippen LogP contribution in [-0.2, 0) is 10.2 Å². The summed E-state index contributed by atoms with van der Waals surface area (Å²) in [5.74, 6) is 0.264. The highest BCUT2D eigenvalue weighted by atomic mass is 79.9. The summed E-state index contributed by atoms with van der Waals surface area (Å²) in [4.78, 5) is 12.2. The monoisotopic (exact) mass is 588 g/mol. The lowest BCUT2D eigenvalue weighted by Crippen LogP contribution is -2.26. The van der Waals surface area contributed by atoms with Crippen LogP contribution in [0, 0.1) is 5.41 Å². The molecule has 1 amide bonds. The fourth-order valence-corrected chi connectivity index (χ4v) is 5.22. The van der Waals surface area contributed by atoms with Gasteiger partial charge < -0.3 is 4.74 Å². The second kappa shape index (κ2) is 12.5. The van der Waals surface area contributed by atoms with Gasteiger partial charge in [0, 0.05) is 0 Å². The summed E-state index contributed by atoms with van der Waals surface area (Å²) >= 11 is 7.21. The Bertz CT molecular complexity index is 1040. The van der Waals surface area contributed by atoms with Gasteiger partial charge in [0.25, 0.3) is 5.91 Å². The molecule has 0 aliphatic rings. The average Bonchev–Trinajstić information content (AvgIpc) is 2.73. The van der Waals surface area contributed by atoms with Crippen LogP contribution in [0.1, 0.15) is 59.1 Å². The molecule has 182 valence electrons. The van der Waals surface area contributed by atoms with E-state index < -0.39 is 0 Å². The zero-order valence-electron chi connectivity index (χ0n) is 20.8. The largest absolute Gasteiger partial charge is 0.481 e. The van der Waals surface area contributed by atoms with Gasteiger partial charge in [-0.15, -0.1) is 0 Å². The molecule has 0 aliphatic heterocycles. The minimum atomic E-state index is -0.330. The number of allylic oxidation sites excluding steroid dienone is 3. The van der Waals surface area contributed by atoms with Crippen LogP contribution in [0.2, 0.25) is 0 Å². The van der Waals surface area contributed by atoms with Crippen LogP contribution in [0.25, 0.3) is 6.08 Å². The van der Waals surface area contributed by atoms with Gasteiger partial charge in [0.2, 0.25) is 0 Å². The van der Waals surface area contributed by atoms with Gasteiger partial charge in [0.1, 0.15) is 5.75 Å². The van der Waals surface area contributed by atoms with Gasteiger partial charge in [-0.25, -0.2) is 5.43 Å². The normalized spacial score (nSPS) is 13.0. The van der Waals surface area contributed by atoms with E-state index in [4.69, 9.17) is 4.74 Å². The highest BCUT2D eigenvalue weighted by Crippen LogP contribution is 2.42. The average molecular weight is 590 g/mol. The number of benzene rings is 2. The summed E-state index contributed by atoms with van der Waals surface area (Å²) in [7, 11) is 0. The Kier molecular flexibility index (Phi) is 10.3. The predicted molar refractivity (Wildman–Crippen MR) is 150 cm³/mol. The smallest absolute Gasteiger partial charge is 0.277 e. The topological polar surface area (TPSA) is 50.7 Å². The highest BCUT2D eigenvalue weighted by molar-refractivity contribution is 9.11. The molecule has 0 heterocycles. The third-order valence-electron chi connectivity index (χ3n) is 4.99. The fraction of sp³-hybridized carbons (Fsp3) is 0.357. The minimum Gasteiger partial charge on any atom is -0.481 e. The summed E-state index contributed by atoms with van der Waals surface area (Å²) in [5.41, 5.74) is 5.74. The molecule has 0 saturated carbocycles. The van der Waals surface area contributed by atoms with Crippen molar-refractivity contribution in [2.75, 3.05) is 6.61 Å². The van der Waals surface area contributed by atoms with Gasteiger partial charge in [0.05, 0.1) is 14.7 Å². The standard InChI is InChI=1S/C28H34Br2N2O2/c1-20(12-10-11-15-21-13-8-7-9-14-21)31-32-25(33)18-34-26-23(29)16-22(17-24(26)30)28(5,6)19-27(2,3)4/h7-17H,18-19H2,1-6H3,(H,32,33)/b12-10+,15-11+,31-20+. The fourth-order valence-electron chi connectivity index (χ4n) is 3.80. The molecule has 0 bridgehead atoms. The van der Waals surface area contributed by atoms with Crippen molar-refractivity contribution in [3.8, 4) is 5.75 Å². The lowest BCUT2D eigenvalue weighted by Gasteiger charge is -2.33. The molecule has 34 heavy (non-hydrogen) atoms. The maximum absolute atomic E-state index is 12.2. The number of amides is 1. The number of nitrogens with zero attached hydrogens (tertiary/aromatic N) is 1. The third kappa shape index (κ3) is 9.59. The van der Waals surface area contributed by atoms with Crippen LogP contribution < -0.4 is 10.2 Å². The van der Waals surface area contributed by atoms with Crippen LogP contribution in [0.4, 0.5) is 0 Å². The van der Waals surface area contributed by atoms with E-state index in [1.807, 2.05) is 61.6 Å². The van der Waals surface area contributed by atoms with Crippen LogP contribution in [-0.4, -0.2) is 18.2 Å². The van der Waals surface area contributed by atoms with E-state index in [0.29, 0.717) is 11.5 Å². The Labute approximate surface area is 220 Å². The predicted octanol–water partition coefficient (Wildman–Crippen LogP) is 8.07. The van der Waals surface area contributed by atoms with Crippen molar-refractivity contribution in [3.05, 3.63) is 80.8 Å². The summed E-state index contributed by atoms with van der Waals surface area (Å²) in [6.45, 7) is 12.9. The van der Waals surface area contributed by atoms with Gasteiger partial charge in [-0.1, -0.05) is 83.2 Å². The molecule has 0 unspecified atom stereocenters. The van der Waals surface area contributed by atoms with Gasteiger partial charge in [-0.2, -0.15) is 5.10 Å². The third-order valence-corrected chi connectivity index (χ3v) is 6.17. The zero-order valence-corrected chi connectivity index (χ0v) is 24.0. The van der Waals surface area contributed by atoms with E-state index in [0.717, 1.165) is 20.9 Å². The Morgan fingerprint density at radius 3 is 2.24 bits per heavy atom. The summed E-state index contributed by atoms with van der Waals surface area (Å²) in [6.07, 6.45) is 8.68. The molecule has 1 N–H and O–H groups in total. The first-order valence-electron chi connectivity index (χ1n) is 11.2. The van der Waals surface area contributed by atoms with Gasteiger partial charge in [0.15, 0.2) is 6.61 Å². The number of nitrogens with one attached hydrogen (secondary N) is 1. The second-order valence-corrected chi connectivity index (χ2v) is 11.8. The first-order chi connectivity index (χ1) is 15.9.